The molecular weight excluding hydrogens is 244 g/mol. The lowest BCUT2D eigenvalue weighted by Crippen LogP contribution is -2.34. The first-order chi connectivity index (χ1) is 8.83. The molecule has 96 valence electrons. The van der Waals surface area contributed by atoms with E-state index >= 15 is 0 Å². The Morgan fingerprint density at radius 1 is 1.28 bits per heavy atom. The molecule has 0 spiro atoms. The van der Waals surface area contributed by atoms with E-state index in [0.29, 0.717) is 11.7 Å². The number of thiophene rings is 1. The standard InChI is InChI=1S/C14H18N2OS/c17-14(15-10-5-3-1-2-4-6-10)12-9-13-11(16-12)7-8-18-13/h7-10,16H,1-6H2,(H,15,17). The molecule has 2 heterocycles. The monoisotopic (exact) mass is 262 g/mol. The van der Waals surface area contributed by atoms with Crippen molar-refractivity contribution in [2.24, 2.45) is 0 Å². The normalized spacial score (nSPS) is 17.8. The van der Waals surface area contributed by atoms with Crippen LogP contribution in [0.2, 0.25) is 0 Å². The van der Waals surface area contributed by atoms with Crippen molar-refractivity contribution in [3.05, 3.63) is 23.2 Å². The summed E-state index contributed by atoms with van der Waals surface area (Å²) in [5.41, 5.74) is 1.76. The molecule has 0 atom stereocenters. The van der Waals surface area contributed by atoms with E-state index in [0.717, 1.165) is 23.1 Å². The van der Waals surface area contributed by atoms with Crippen molar-refractivity contribution < 1.29 is 4.79 Å². The van der Waals surface area contributed by atoms with Crippen molar-refractivity contribution in [2.45, 2.75) is 44.6 Å². The number of carbonyl (C=O) groups excluding carboxylic acids is 1. The highest BCUT2D eigenvalue weighted by Crippen LogP contribution is 2.22. The first-order valence-corrected chi connectivity index (χ1v) is 7.58. The SMILES string of the molecule is O=C(NC1CCCCCC1)c1cc2sccc2[nH]1. The van der Waals surface area contributed by atoms with Crippen molar-refractivity contribution >= 4 is 27.5 Å². The maximum Gasteiger partial charge on any atom is 0.267 e. The molecule has 2 N–H and O–H groups in total. The summed E-state index contributed by atoms with van der Waals surface area (Å²) in [5.74, 6) is 0.0466. The van der Waals surface area contributed by atoms with Gasteiger partial charge in [-0.25, -0.2) is 0 Å². The van der Waals surface area contributed by atoms with Gasteiger partial charge in [0.05, 0.1) is 10.2 Å². The molecule has 1 fully saturated rings. The molecule has 3 nitrogen and oxygen atoms in total. The van der Waals surface area contributed by atoms with Crippen LogP contribution in [0.15, 0.2) is 17.5 Å². The smallest absolute Gasteiger partial charge is 0.267 e. The van der Waals surface area contributed by atoms with Crippen molar-refractivity contribution in [1.29, 1.82) is 0 Å². The third kappa shape index (κ3) is 2.43. The number of aromatic amines is 1. The van der Waals surface area contributed by atoms with Gasteiger partial charge in [-0.3, -0.25) is 4.79 Å². The lowest BCUT2D eigenvalue weighted by molar-refractivity contribution is 0.0929. The Morgan fingerprint density at radius 3 is 2.78 bits per heavy atom. The zero-order chi connectivity index (χ0) is 12.4. The van der Waals surface area contributed by atoms with E-state index < -0.39 is 0 Å². The first-order valence-electron chi connectivity index (χ1n) is 6.70. The van der Waals surface area contributed by atoms with Crippen molar-refractivity contribution in [1.82, 2.24) is 10.3 Å². The topological polar surface area (TPSA) is 44.9 Å². The third-order valence-corrected chi connectivity index (χ3v) is 4.54. The number of aromatic nitrogens is 1. The molecule has 2 aromatic rings. The third-order valence-electron chi connectivity index (χ3n) is 3.67. The number of rotatable bonds is 2. The minimum Gasteiger partial charge on any atom is -0.350 e. The average Bonchev–Trinajstić information content (AvgIpc) is 2.85. The highest BCUT2D eigenvalue weighted by atomic mass is 32.1. The Morgan fingerprint density at radius 2 is 2.06 bits per heavy atom. The number of amides is 1. The molecule has 1 aliphatic carbocycles. The molecule has 1 aliphatic rings. The van der Waals surface area contributed by atoms with Crippen LogP contribution >= 0.6 is 11.3 Å². The number of H-pyrrole nitrogens is 1. The summed E-state index contributed by atoms with van der Waals surface area (Å²) >= 11 is 1.66. The molecule has 0 saturated heterocycles. The molecule has 2 aromatic heterocycles. The summed E-state index contributed by atoms with van der Waals surface area (Å²) < 4.78 is 1.15. The van der Waals surface area contributed by atoms with Gasteiger partial charge in [-0.05, 0) is 30.4 Å². The van der Waals surface area contributed by atoms with E-state index in [1.165, 1.54) is 25.7 Å². The molecule has 0 aliphatic heterocycles. The summed E-state index contributed by atoms with van der Waals surface area (Å²) in [6.45, 7) is 0. The van der Waals surface area contributed by atoms with Gasteiger partial charge in [0.15, 0.2) is 0 Å². The molecule has 0 unspecified atom stereocenters. The van der Waals surface area contributed by atoms with Gasteiger partial charge in [0.2, 0.25) is 0 Å². The number of hydrogen-bond donors (Lipinski definition) is 2. The second-order valence-corrected chi connectivity index (χ2v) is 5.99. The molecule has 0 aromatic carbocycles. The Balaban J connectivity index is 1.68. The Bertz CT molecular complexity index is 506. The Kier molecular flexibility index (Phi) is 3.37. The number of fused-ring (bicyclic) bond motifs is 1. The minimum atomic E-state index is 0.0466. The summed E-state index contributed by atoms with van der Waals surface area (Å²) in [5, 5.41) is 5.20. The van der Waals surface area contributed by atoms with Crippen LogP contribution in [0.4, 0.5) is 0 Å². The first kappa shape index (κ1) is 11.8. The van der Waals surface area contributed by atoms with E-state index in [1.807, 2.05) is 17.5 Å². The van der Waals surface area contributed by atoms with Gasteiger partial charge in [-0.2, -0.15) is 0 Å². The predicted molar refractivity (Wildman–Crippen MR) is 75.1 cm³/mol. The van der Waals surface area contributed by atoms with E-state index in [4.69, 9.17) is 0 Å². The molecule has 3 rings (SSSR count). The van der Waals surface area contributed by atoms with Crippen molar-refractivity contribution in [3.63, 3.8) is 0 Å². The fourth-order valence-corrected chi connectivity index (χ4v) is 3.44. The second-order valence-electron chi connectivity index (χ2n) is 5.04. The van der Waals surface area contributed by atoms with Gasteiger partial charge in [-0.15, -0.1) is 11.3 Å². The van der Waals surface area contributed by atoms with Gasteiger partial charge < -0.3 is 10.3 Å². The van der Waals surface area contributed by atoms with Crippen LogP contribution in [0.5, 0.6) is 0 Å². The molecule has 0 bridgehead atoms. The lowest BCUT2D eigenvalue weighted by Gasteiger charge is -2.15. The van der Waals surface area contributed by atoms with Crippen LogP contribution in [0.1, 0.15) is 49.0 Å². The van der Waals surface area contributed by atoms with E-state index in [9.17, 15) is 4.79 Å². The lowest BCUT2D eigenvalue weighted by atomic mass is 10.1. The van der Waals surface area contributed by atoms with E-state index in [1.54, 1.807) is 11.3 Å². The fraction of sp³-hybridized carbons (Fsp3) is 0.500. The molecular formula is C14H18N2OS. The highest BCUT2D eigenvalue weighted by molar-refractivity contribution is 7.17. The maximum absolute atomic E-state index is 12.2. The maximum atomic E-state index is 12.2. The van der Waals surface area contributed by atoms with Gasteiger partial charge in [0.25, 0.3) is 5.91 Å². The number of hydrogen-bond acceptors (Lipinski definition) is 2. The summed E-state index contributed by atoms with van der Waals surface area (Å²) in [7, 11) is 0. The van der Waals surface area contributed by atoms with Gasteiger partial charge in [0.1, 0.15) is 5.69 Å². The zero-order valence-electron chi connectivity index (χ0n) is 10.4. The van der Waals surface area contributed by atoms with Crippen LogP contribution < -0.4 is 5.32 Å². The largest absolute Gasteiger partial charge is 0.350 e. The van der Waals surface area contributed by atoms with E-state index in [2.05, 4.69) is 10.3 Å². The minimum absolute atomic E-state index is 0.0466. The summed E-state index contributed by atoms with van der Waals surface area (Å²) in [6.07, 6.45) is 7.35. The van der Waals surface area contributed by atoms with Gasteiger partial charge in [0, 0.05) is 6.04 Å². The van der Waals surface area contributed by atoms with Crippen molar-refractivity contribution in [2.75, 3.05) is 0 Å². The number of carbonyl (C=O) groups is 1. The van der Waals surface area contributed by atoms with E-state index in [-0.39, 0.29) is 5.91 Å². The van der Waals surface area contributed by atoms with Crippen LogP contribution in [-0.2, 0) is 0 Å². The molecule has 4 heteroatoms. The van der Waals surface area contributed by atoms with Gasteiger partial charge in [-0.1, -0.05) is 25.7 Å². The highest BCUT2D eigenvalue weighted by Gasteiger charge is 2.17. The average molecular weight is 262 g/mol. The molecule has 1 saturated carbocycles. The molecule has 0 radical (unpaired) electrons. The summed E-state index contributed by atoms with van der Waals surface area (Å²) in [4.78, 5) is 15.3. The quantitative estimate of drug-likeness (QED) is 0.797. The van der Waals surface area contributed by atoms with Crippen LogP contribution in [0, 0.1) is 0 Å². The van der Waals surface area contributed by atoms with Crippen LogP contribution in [-0.4, -0.2) is 16.9 Å². The number of nitrogens with one attached hydrogen (secondary N) is 2. The van der Waals surface area contributed by atoms with Crippen LogP contribution in [0.25, 0.3) is 10.2 Å². The molecule has 1 amide bonds. The van der Waals surface area contributed by atoms with Crippen LogP contribution in [0.3, 0.4) is 0 Å². The second kappa shape index (κ2) is 5.14. The van der Waals surface area contributed by atoms with Gasteiger partial charge >= 0.3 is 0 Å². The molecule has 18 heavy (non-hydrogen) atoms. The van der Waals surface area contributed by atoms with Crippen molar-refractivity contribution in [3.8, 4) is 0 Å². The fourth-order valence-electron chi connectivity index (χ4n) is 2.66. The Labute approximate surface area is 111 Å². The Hall–Kier alpha value is -1.29. The zero-order valence-corrected chi connectivity index (χ0v) is 11.2. The summed E-state index contributed by atoms with van der Waals surface area (Å²) in [6, 6.07) is 4.33. The predicted octanol–water partition coefficient (Wildman–Crippen LogP) is 3.68.